The van der Waals surface area contributed by atoms with Gasteiger partial charge in [0.15, 0.2) is 0 Å². The largest absolute Gasteiger partial charge is 0.508 e. The molecule has 0 heterocycles. The Kier molecular flexibility index (Phi) is 8.78. The van der Waals surface area contributed by atoms with E-state index in [4.69, 9.17) is 9.47 Å². The minimum atomic E-state index is -0.929. The molecule has 1 aromatic carbocycles. The third kappa shape index (κ3) is 8.01. The average molecular weight is 349 g/mol. The molecule has 0 spiro atoms. The molecular weight excluding hydrogens is 326 g/mol. The summed E-state index contributed by atoms with van der Waals surface area (Å²) in [6, 6.07) is 5.35. The van der Waals surface area contributed by atoms with Gasteiger partial charge in [0.05, 0.1) is 13.2 Å². The van der Waals surface area contributed by atoms with E-state index in [1.165, 1.54) is 18.2 Å². The normalized spacial score (nSPS) is 11.8. The molecule has 1 amide bonds. The van der Waals surface area contributed by atoms with Gasteiger partial charge in [-0.15, -0.1) is 0 Å². The number of esters is 2. The van der Waals surface area contributed by atoms with Gasteiger partial charge in [0, 0.05) is 12.5 Å². The lowest BCUT2D eigenvalue weighted by molar-refractivity contribution is -0.148. The van der Waals surface area contributed by atoms with Gasteiger partial charge in [-0.25, -0.2) is 4.79 Å². The smallest absolute Gasteiger partial charge is 0.328 e. The second-order valence-corrected chi connectivity index (χ2v) is 5.08. The summed E-state index contributed by atoms with van der Waals surface area (Å²) in [6.45, 7) is 3.78. The number of hydrogen-bond acceptors (Lipinski definition) is 6. The van der Waals surface area contributed by atoms with Crippen LogP contribution < -0.4 is 5.32 Å². The minimum absolute atomic E-state index is 0.000717. The van der Waals surface area contributed by atoms with Crippen LogP contribution in [-0.2, 0) is 23.9 Å². The van der Waals surface area contributed by atoms with Gasteiger partial charge in [-0.1, -0.05) is 12.1 Å². The van der Waals surface area contributed by atoms with E-state index in [0.717, 1.165) is 0 Å². The second-order valence-electron chi connectivity index (χ2n) is 5.08. The van der Waals surface area contributed by atoms with Crippen molar-refractivity contribution in [3.05, 3.63) is 35.9 Å². The average Bonchev–Trinajstić information content (AvgIpc) is 2.58. The Morgan fingerprint density at radius 1 is 1.12 bits per heavy atom. The molecule has 7 nitrogen and oxygen atoms in total. The molecule has 0 bridgehead atoms. The van der Waals surface area contributed by atoms with E-state index in [2.05, 4.69) is 5.32 Å². The summed E-state index contributed by atoms with van der Waals surface area (Å²) in [6.07, 6.45) is 2.90. The first-order valence-electron chi connectivity index (χ1n) is 8.06. The van der Waals surface area contributed by atoms with Crippen LogP contribution in [-0.4, -0.2) is 42.2 Å². The van der Waals surface area contributed by atoms with Crippen molar-refractivity contribution in [3.63, 3.8) is 0 Å². The standard InChI is InChI=1S/C18H23NO6/c1-3-24-17(22)12-10-15(18(23)25-4-2)19-16(21)11-7-13-5-8-14(20)9-6-13/h5-9,11,15,20H,3-4,10,12H2,1-2H3,(H,19,21)/b11-7+/t15-/m0/s1. The molecule has 136 valence electrons. The molecule has 0 aliphatic carbocycles. The van der Waals surface area contributed by atoms with E-state index in [-0.39, 0.29) is 31.8 Å². The molecule has 1 rings (SSSR count). The molecule has 0 aliphatic rings. The Morgan fingerprint density at radius 3 is 2.36 bits per heavy atom. The van der Waals surface area contributed by atoms with E-state index in [1.54, 1.807) is 32.1 Å². The van der Waals surface area contributed by atoms with Gasteiger partial charge in [-0.3, -0.25) is 9.59 Å². The first kappa shape index (κ1) is 20.2. The predicted octanol–water partition coefficient (Wildman–Crippen LogP) is 1.80. The summed E-state index contributed by atoms with van der Waals surface area (Å²) < 4.78 is 9.73. The van der Waals surface area contributed by atoms with Gasteiger partial charge >= 0.3 is 11.9 Å². The monoisotopic (exact) mass is 349 g/mol. The van der Waals surface area contributed by atoms with Crippen LogP contribution in [0.15, 0.2) is 30.3 Å². The summed E-state index contributed by atoms with van der Waals surface area (Å²) in [5, 5.41) is 11.7. The van der Waals surface area contributed by atoms with E-state index in [1.807, 2.05) is 0 Å². The van der Waals surface area contributed by atoms with Gasteiger partial charge < -0.3 is 19.9 Å². The van der Waals surface area contributed by atoms with Gasteiger partial charge in [0.25, 0.3) is 0 Å². The van der Waals surface area contributed by atoms with Gasteiger partial charge in [0.2, 0.25) is 5.91 Å². The molecule has 0 aliphatic heterocycles. The van der Waals surface area contributed by atoms with Crippen molar-refractivity contribution in [2.75, 3.05) is 13.2 Å². The van der Waals surface area contributed by atoms with Crippen LogP contribution in [0.5, 0.6) is 5.75 Å². The third-order valence-corrected chi connectivity index (χ3v) is 3.15. The SMILES string of the molecule is CCOC(=O)CC[C@H](NC(=O)/C=C/c1ccc(O)cc1)C(=O)OCC. The molecule has 25 heavy (non-hydrogen) atoms. The number of amides is 1. The minimum Gasteiger partial charge on any atom is -0.508 e. The lowest BCUT2D eigenvalue weighted by Gasteiger charge is -2.15. The Balaban J connectivity index is 2.64. The molecule has 2 N–H and O–H groups in total. The van der Waals surface area contributed by atoms with Crippen molar-refractivity contribution in [2.24, 2.45) is 0 Å². The molecule has 0 unspecified atom stereocenters. The summed E-state index contributed by atoms with van der Waals surface area (Å²) in [4.78, 5) is 35.4. The number of rotatable bonds is 9. The number of nitrogens with one attached hydrogen (secondary N) is 1. The van der Waals surface area contributed by atoms with E-state index < -0.39 is 23.9 Å². The Labute approximate surface area is 146 Å². The maximum Gasteiger partial charge on any atom is 0.328 e. The maximum atomic E-state index is 12.0. The lowest BCUT2D eigenvalue weighted by Crippen LogP contribution is -2.41. The first-order chi connectivity index (χ1) is 12.0. The van der Waals surface area contributed by atoms with Gasteiger partial charge in [0.1, 0.15) is 11.8 Å². The first-order valence-corrected chi connectivity index (χ1v) is 8.06. The fourth-order valence-electron chi connectivity index (χ4n) is 1.96. The number of hydrogen-bond donors (Lipinski definition) is 2. The highest BCUT2D eigenvalue weighted by molar-refractivity contribution is 5.94. The Bertz CT molecular complexity index is 608. The molecule has 0 saturated carbocycles. The van der Waals surface area contributed by atoms with Crippen LogP contribution in [0.4, 0.5) is 0 Å². The molecule has 1 atom stereocenters. The van der Waals surface area contributed by atoms with Gasteiger partial charge in [-0.2, -0.15) is 0 Å². The molecule has 0 aromatic heterocycles. The number of carbonyl (C=O) groups excluding carboxylic acids is 3. The summed E-state index contributed by atoms with van der Waals surface area (Å²) in [5.74, 6) is -1.40. The van der Waals surface area contributed by atoms with Crippen molar-refractivity contribution in [3.8, 4) is 5.75 Å². The maximum absolute atomic E-state index is 12.0. The zero-order chi connectivity index (χ0) is 18.7. The number of ether oxygens (including phenoxy) is 2. The lowest BCUT2D eigenvalue weighted by atomic mass is 10.1. The summed E-state index contributed by atoms with van der Waals surface area (Å²) >= 11 is 0. The third-order valence-electron chi connectivity index (χ3n) is 3.15. The van der Waals surface area contributed by atoms with Crippen LogP contribution in [0, 0.1) is 0 Å². The number of benzene rings is 1. The molecule has 1 aromatic rings. The van der Waals surface area contributed by atoms with Crippen LogP contribution in [0.1, 0.15) is 32.3 Å². The molecular formula is C18H23NO6. The van der Waals surface area contributed by atoms with Crippen molar-refractivity contribution < 1.29 is 29.0 Å². The molecule has 7 heteroatoms. The van der Waals surface area contributed by atoms with Crippen LogP contribution in [0.2, 0.25) is 0 Å². The Morgan fingerprint density at radius 2 is 1.76 bits per heavy atom. The van der Waals surface area contributed by atoms with Crippen molar-refractivity contribution in [2.45, 2.75) is 32.7 Å². The summed E-state index contributed by atoms with van der Waals surface area (Å²) in [7, 11) is 0. The van der Waals surface area contributed by atoms with Crippen molar-refractivity contribution in [1.82, 2.24) is 5.32 Å². The van der Waals surface area contributed by atoms with Crippen LogP contribution in [0.25, 0.3) is 6.08 Å². The topological polar surface area (TPSA) is 102 Å². The predicted molar refractivity (Wildman–Crippen MR) is 91.6 cm³/mol. The highest BCUT2D eigenvalue weighted by atomic mass is 16.5. The molecule has 0 radical (unpaired) electrons. The summed E-state index contributed by atoms with van der Waals surface area (Å²) in [5.41, 5.74) is 0.715. The second kappa shape index (κ2) is 10.9. The molecule has 0 fully saturated rings. The fourth-order valence-corrected chi connectivity index (χ4v) is 1.96. The number of phenols is 1. The number of carbonyl (C=O) groups is 3. The quantitative estimate of drug-likeness (QED) is 0.521. The van der Waals surface area contributed by atoms with E-state index >= 15 is 0 Å². The Hall–Kier alpha value is -2.83. The van der Waals surface area contributed by atoms with Gasteiger partial charge in [-0.05, 0) is 44.0 Å². The van der Waals surface area contributed by atoms with E-state index in [9.17, 15) is 19.5 Å². The van der Waals surface area contributed by atoms with Crippen LogP contribution in [0.3, 0.4) is 0 Å². The number of phenolic OH excluding ortho intramolecular Hbond substituents is 1. The zero-order valence-corrected chi connectivity index (χ0v) is 14.4. The molecule has 0 saturated heterocycles. The fraction of sp³-hybridized carbons (Fsp3) is 0.389. The van der Waals surface area contributed by atoms with E-state index in [0.29, 0.717) is 5.56 Å². The highest BCUT2D eigenvalue weighted by Crippen LogP contribution is 2.10. The van der Waals surface area contributed by atoms with Crippen LogP contribution >= 0.6 is 0 Å². The van der Waals surface area contributed by atoms with Crippen molar-refractivity contribution >= 4 is 23.9 Å². The van der Waals surface area contributed by atoms with Crippen molar-refractivity contribution in [1.29, 1.82) is 0 Å². The zero-order valence-electron chi connectivity index (χ0n) is 14.4. The number of aromatic hydroxyl groups is 1. The highest BCUT2D eigenvalue weighted by Gasteiger charge is 2.22.